The van der Waals surface area contributed by atoms with Crippen LogP contribution in [0.4, 0.5) is 11.4 Å². The molecule has 0 spiro atoms. The Labute approximate surface area is 149 Å². The molecule has 2 heterocycles. The highest BCUT2D eigenvalue weighted by atomic mass is 16.2. The van der Waals surface area contributed by atoms with E-state index in [9.17, 15) is 4.79 Å². The van der Waals surface area contributed by atoms with E-state index in [2.05, 4.69) is 33.4 Å². The van der Waals surface area contributed by atoms with Crippen LogP contribution in [-0.4, -0.2) is 24.0 Å². The lowest BCUT2D eigenvalue weighted by atomic mass is 10.1. The zero-order valence-electron chi connectivity index (χ0n) is 14.5. The van der Waals surface area contributed by atoms with Gasteiger partial charge in [-0.3, -0.25) is 9.78 Å². The summed E-state index contributed by atoms with van der Waals surface area (Å²) in [6, 6.07) is 12.2. The van der Waals surface area contributed by atoms with Crippen LogP contribution in [0.25, 0.3) is 0 Å². The molecular formula is C21H25N3O. The molecule has 2 fully saturated rings. The van der Waals surface area contributed by atoms with Gasteiger partial charge in [-0.25, -0.2) is 0 Å². The van der Waals surface area contributed by atoms with Gasteiger partial charge < -0.3 is 10.2 Å². The first-order chi connectivity index (χ1) is 12.3. The first-order valence-electron chi connectivity index (χ1n) is 9.38. The Kier molecular flexibility index (Phi) is 4.68. The number of hydrogen-bond acceptors (Lipinski definition) is 3. The zero-order valence-corrected chi connectivity index (χ0v) is 14.5. The molecule has 1 saturated carbocycles. The molecule has 1 saturated heterocycles. The summed E-state index contributed by atoms with van der Waals surface area (Å²) in [5, 5.41) is 3.19. The second-order valence-electron chi connectivity index (χ2n) is 7.14. The minimum Gasteiger partial charge on any atom is -0.370 e. The van der Waals surface area contributed by atoms with Gasteiger partial charge in [0.05, 0.1) is 11.4 Å². The normalized spacial score (nSPS) is 23.0. The molecule has 4 nitrogen and oxygen atoms in total. The molecule has 1 amide bonds. The molecule has 1 aliphatic heterocycles. The van der Waals surface area contributed by atoms with E-state index in [1.54, 1.807) is 6.20 Å². The number of rotatable bonds is 4. The number of hydrogen-bond donors (Lipinski definition) is 1. The van der Waals surface area contributed by atoms with Crippen LogP contribution in [0.1, 0.15) is 43.6 Å². The van der Waals surface area contributed by atoms with Crippen molar-refractivity contribution >= 4 is 17.3 Å². The number of aromatic nitrogens is 1. The Hall–Kier alpha value is -2.36. The van der Waals surface area contributed by atoms with Crippen molar-refractivity contribution in [2.75, 3.05) is 23.3 Å². The van der Waals surface area contributed by atoms with Crippen molar-refractivity contribution in [2.24, 2.45) is 5.92 Å². The Morgan fingerprint density at radius 3 is 2.60 bits per heavy atom. The topological polar surface area (TPSA) is 45.2 Å². The van der Waals surface area contributed by atoms with Crippen LogP contribution in [0.5, 0.6) is 0 Å². The summed E-state index contributed by atoms with van der Waals surface area (Å²) < 4.78 is 0. The van der Waals surface area contributed by atoms with E-state index in [1.807, 2.05) is 24.4 Å². The lowest BCUT2D eigenvalue weighted by Crippen LogP contribution is -2.26. The maximum Gasteiger partial charge on any atom is 0.228 e. The molecule has 130 valence electrons. The predicted octanol–water partition coefficient (Wildman–Crippen LogP) is 4.20. The first-order valence-corrected chi connectivity index (χ1v) is 9.38. The summed E-state index contributed by atoms with van der Waals surface area (Å²) in [6.45, 7) is 2.16. The van der Waals surface area contributed by atoms with Crippen LogP contribution < -0.4 is 10.2 Å². The Morgan fingerprint density at radius 2 is 1.84 bits per heavy atom. The molecule has 0 bridgehead atoms. The van der Waals surface area contributed by atoms with Crippen molar-refractivity contribution in [3.8, 4) is 0 Å². The minimum absolute atomic E-state index is 0.0707. The molecule has 1 N–H and O–H groups in total. The molecule has 1 aromatic heterocycles. The number of carbonyl (C=O) groups excluding carboxylic acids is 1. The molecule has 4 heteroatoms. The monoisotopic (exact) mass is 335 g/mol. The van der Waals surface area contributed by atoms with Crippen molar-refractivity contribution in [1.29, 1.82) is 0 Å². The number of anilines is 2. The van der Waals surface area contributed by atoms with Gasteiger partial charge in [-0.05, 0) is 48.9 Å². The maximum absolute atomic E-state index is 12.7. The predicted molar refractivity (Wildman–Crippen MR) is 101 cm³/mol. The van der Waals surface area contributed by atoms with Gasteiger partial charge in [-0.1, -0.05) is 31.0 Å². The Morgan fingerprint density at radius 1 is 1.04 bits per heavy atom. The number of carbonyl (C=O) groups is 1. The molecule has 2 aromatic rings. The fourth-order valence-corrected chi connectivity index (χ4v) is 3.84. The largest absolute Gasteiger partial charge is 0.370 e. The third-order valence-corrected chi connectivity index (χ3v) is 5.35. The van der Waals surface area contributed by atoms with Gasteiger partial charge in [0.15, 0.2) is 0 Å². The average molecular weight is 335 g/mol. The van der Waals surface area contributed by atoms with Gasteiger partial charge in [0.2, 0.25) is 5.91 Å². The van der Waals surface area contributed by atoms with E-state index < -0.39 is 0 Å². The highest BCUT2D eigenvalue weighted by Crippen LogP contribution is 2.48. The van der Waals surface area contributed by atoms with E-state index >= 15 is 0 Å². The SMILES string of the molecule is O=C(Nc1ccccc1N1CCCCCC1)[C@@H]1C[C@H]1c1cccnc1. The molecule has 1 aliphatic carbocycles. The van der Waals surface area contributed by atoms with Gasteiger partial charge in [0.25, 0.3) is 0 Å². The molecule has 0 unspecified atom stereocenters. The summed E-state index contributed by atoms with van der Waals surface area (Å²) in [5.41, 5.74) is 3.28. The Bertz CT molecular complexity index is 723. The van der Waals surface area contributed by atoms with E-state index in [0.29, 0.717) is 5.92 Å². The van der Waals surface area contributed by atoms with Gasteiger partial charge >= 0.3 is 0 Å². The summed E-state index contributed by atoms with van der Waals surface area (Å²) in [4.78, 5) is 19.3. The second kappa shape index (κ2) is 7.26. The lowest BCUT2D eigenvalue weighted by Gasteiger charge is -2.25. The number of nitrogens with zero attached hydrogens (tertiary/aromatic N) is 2. The average Bonchev–Trinajstić information content (AvgIpc) is 3.47. The van der Waals surface area contributed by atoms with Crippen LogP contribution in [0, 0.1) is 5.92 Å². The van der Waals surface area contributed by atoms with E-state index in [1.165, 1.54) is 31.2 Å². The molecule has 1 aromatic carbocycles. The van der Waals surface area contributed by atoms with Crippen molar-refractivity contribution in [1.82, 2.24) is 4.98 Å². The van der Waals surface area contributed by atoms with E-state index in [4.69, 9.17) is 0 Å². The number of amides is 1. The third-order valence-electron chi connectivity index (χ3n) is 5.35. The maximum atomic E-state index is 12.7. The van der Waals surface area contributed by atoms with Crippen LogP contribution in [0.2, 0.25) is 0 Å². The van der Waals surface area contributed by atoms with E-state index in [0.717, 1.165) is 30.9 Å². The van der Waals surface area contributed by atoms with Gasteiger partial charge in [-0.2, -0.15) is 0 Å². The summed E-state index contributed by atoms with van der Waals surface area (Å²) >= 11 is 0. The fraction of sp³-hybridized carbons (Fsp3) is 0.429. The Balaban J connectivity index is 1.45. The summed E-state index contributed by atoms with van der Waals surface area (Å²) in [7, 11) is 0. The van der Waals surface area contributed by atoms with Crippen molar-refractivity contribution in [3.63, 3.8) is 0 Å². The highest BCUT2D eigenvalue weighted by Gasteiger charge is 2.44. The lowest BCUT2D eigenvalue weighted by molar-refractivity contribution is -0.117. The summed E-state index contributed by atoms with van der Waals surface area (Å²) in [5.74, 6) is 0.525. The molecule has 25 heavy (non-hydrogen) atoms. The highest BCUT2D eigenvalue weighted by molar-refractivity contribution is 5.98. The fourth-order valence-electron chi connectivity index (χ4n) is 3.84. The molecule has 2 aliphatic rings. The van der Waals surface area contributed by atoms with E-state index in [-0.39, 0.29) is 11.8 Å². The first kappa shape index (κ1) is 16.1. The van der Waals surface area contributed by atoms with Crippen molar-refractivity contribution in [2.45, 2.75) is 38.0 Å². The van der Waals surface area contributed by atoms with Gasteiger partial charge in [0, 0.05) is 31.4 Å². The number of nitrogens with one attached hydrogen (secondary N) is 1. The molecule has 0 radical (unpaired) electrons. The van der Waals surface area contributed by atoms with Crippen molar-refractivity contribution < 1.29 is 4.79 Å². The zero-order chi connectivity index (χ0) is 17.1. The van der Waals surface area contributed by atoms with Crippen LogP contribution in [0.15, 0.2) is 48.8 Å². The molecular weight excluding hydrogens is 310 g/mol. The van der Waals surface area contributed by atoms with Crippen LogP contribution in [-0.2, 0) is 4.79 Å². The van der Waals surface area contributed by atoms with Crippen molar-refractivity contribution in [3.05, 3.63) is 54.4 Å². The molecule has 4 rings (SSSR count). The second-order valence-corrected chi connectivity index (χ2v) is 7.14. The van der Waals surface area contributed by atoms with Crippen LogP contribution in [0.3, 0.4) is 0 Å². The standard InChI is InChI=1S/C21H25N3O/c25-21(18-14-17(18)16-8-7-11-22-15-16)23-19-9-3-4-10-20(19)24-12-5-1-2-6-13-24/h3-4,7-11,15,17-18H,1-2,5-6,12-14H2,(H,23,25)/t17-,18+/m0/s1. The smallest absolute Gasteiger partial charge is 0.228 e. The molecule has 2 atom stereocenters. The van der Waals surface area contributed by atoms with Gasteiger partial charge in [0.1, 0.15) is 0 Å². The number of para-hydroxylation sites is 2. The third kappa shape index (κ3) is 3.68. The number of benzene rings is 1. The van der Waals surface area contributed by atoms with Crippen LogP contribution >= 0.6 is 0 Å². The minimum atomic E-state index is 0.0707. The summed E-state index contributed by atoms with van der Waals surface area (Å²) in [6.07, 6.45) is 9.65. The van der Waals surface area contributed by atoms with Gasteiger partial charge in [-0.15, -0.1) is 0 Å². The number of pyridine rings is 1. The quantitative estimate of drug-likeness (QED) is 0.910.